The highest BCUT2D eigenvalue weighted by atomic mass is 16.5. The number of benzene rings is 1. The van der Waals surface area contributed by atoms with Gasteiger partial charge in [0.25, 0.3) is 0 Å². The number of nitrogens with one attached hydrogen (secondary N) is 1. The van der Waals surface area contributed by atoms with Gasteiger partial charge in [-0.2, -0.15) is 0 Å². The minimum atomic E-state index is 0.540. The van der Waals surface area contributed by atoms with Crippen LogP contribution in [0.25, 0.3) is 0 Å². The fraction of sp³-hybridized carbons (Fsp3) is 0.667. The van der Waals surface area contributed by atoms with Gasteiger partial charge in [0.05, 0.1) is 7.11 Å². The largest absolute Gasteiger partial charge is 0.496 e. The summed E-state index contributed by atoms with van der Waals surface area (Å²) in [4.78, 5) is 0. The molecule has 2 aliphatic carbocycles. The average molecular weight is 273 g/mol. The lowest BCUT2D eigenvalue weighted by molar-refractivity contribution is 0.410. The predicted octanol–water partition coefficient (Wildman–Crippen LogP) is 4.09. The van der Waals surface area contributed by atoms with E-state index in [1.54, 1.807) is 7.11 Å². The molecule has 2 saturated carbocycles. The van der Waals surface area contributed by atoms with Crippen molar-refractivity contribution >= 4 is 0 Å². The van der Waals surface area contributed by atoms with Crippen LogP contribution in [-0.2, 0) is 0 Å². The summed E-state index contributed by atoms with van der Waals surface area (Å²) in [6.07, 6.45) is 5.79. The highest BCUT2D eigenvalue weighted by molar-refractivity contribution is 5.38. The molecule has 2 aliphatic rings. The van der Waals surface area contributed by atoms with Crippen molar-refractivity contribution < 1.29 is 4.74 Å². The van der Waals surface area contributed by atoms with Crippen LogP contribution >= 0.6 is 0 Å². The Hall–Kier alpha value is -1.02. The van der Waals surface area contributed by atoms with Gasteiger partial charge in [-0.1, -0.05) is 31.9 Å². The van der Waals surface area contributed by atoms with E-state index in [2.05, 4.69) is 37.4 Å². The van der Waals surface area contributed by atoms with Crippen molar-refractivity contribution in [1.82, 2.24) is 5.32 Å². The lowest BCUT2D eigenvalue weighted by Gasteiger charge is -2.20. The van der Waals surface area contributed by atoms with Crippen molar-refractivity contribution in [2.24, 2.45) is 17.8 Å². The first-order valence-electron chi connectivity index (χ1n) is 8.14. The van der Waals surface area contributed by atoms with E-state index in [0.29, 0.717) is 6.04 Å². The standard InChI is InChI=1S/C18H27NO/c1-4-19-18(17-14-7-5-6-8-15(14)17)13-9-10-16(20-3)12(2)11-13/h9-11,14-15,17-19H,4-8H2,1-3H3. The van der Waals surface area contributed by atoms with E-state index >= 15 is 0 Å². The van der Waals surface area contributed by atoms with Crippen molar-refractivity contribution in [3.63, 3.8) is 0 Å². The summed E-state index contributed by atoms with van der Waals surface area (Å²) in [5.41, 5.74) is 2.70. The second kappa shape index (κ2) is 5.77. The van der Waals surface area contributed by atoms with Gasteiger partial charge in [-0.3, -0.25) is 0 Å². The molecule has 0 heterocycles. The molecule has 1 N–H and O–H groups in total. The Kier molecular flexibility index (Phi) is 4.02. The van der Waals surface area contributed by atoms with E-state index in [4.69, 9.17) is 4.74 Å². The number of fused-ring (bicyclic) bond motifs is 1. The zero-order chi connectivity index (χ0) is 14.1. The van der Waals surface area contributed by atoms with E-state index in [-0.39, 0.29) is 0 Å². The summed E-state index contributed by atoms with van der Waals surface area (Å²) >= 11 is 0. The van der Waals surface area contributed by atoms with Crippen molar-refractivity contribution in [3.05, 3.63) is 29.3 Å². The molecule has 1 aromatic rings. The van der Waals surface area contributed by atoms with Crippen LogP contribution in [0, 0.1) is 24.7 Å². The number of aryl methyl sites for hydroxylation is 1. The predicted molar refractivity (Wildman–Crippen MR) is 83.1 cm³/mol. The molecule has 0 bridgehead atoms. The van der Waals surface area contributed by atoms with E-state index in [1.165, 1.54) is 36.8 Å². The van der Waals surface area contributed by atoms with Crippen LogP contribution in [0.2, 0.25) is 0 Å². The topological polar surface area (TPSA) is 21.3 Å². The van der Waals surface area contributed by atoms with Gasteiger partial charge in [-0.15, -0.1) is 0 Å². The van der Waals surface area contributed by atoms with Crippen molar-refractivity contribution in [1.29, 1.82) is 0 Å². The monoisotopic (exact) mass is 273 g/mol. The van der Waals surface area contributed by atoms with Crippen LogP contribution < -0.4 is 10.1 Å². The maximum Gasteiger partial charge on any atom is 0.121 e. The number of rotatable bonds is 5. The first kappa shape index (κ1) is 13.9. The van der Waals surface area contributed by atoms with Crippen molar-refractivity contribution in [2.45, 2.75) is 45.6 Å². The van der Waals surface area contributed by atoms with Crippen LogP contribution in [0.3, 0.4) is 0 Å². The quantitative estimate of drug-likeness (QED) is 0.872. The van der Waals surface area contributed by atoms with Crippen LogP contribution in [0.5, 0.6) is 5.75 Å². The first-order chi connectivity index (χ1) is 9.76. The molecule has 3 atom stereocenters. The second-order valence-corrected chi connectivity index (χ2v) is 6.45. The van der Waals surface area contributed by atoms with Gasteiger partial charge in [0.1, 0.15) is 5.75 Å². The molecular weight excluding hydrogens is 246 g/mol. The molecule has 2 nitrogen and oxygen atoms in total. The second-order valence-electron chi connectivity index (χ2n) is 6.45. The summed E-state index contributed by atoms with van der Waals surface area (Å²) in [5.74, 6) is 3.83. The van der Waals surface area contributed by atoms with Crippen LogP contribution in [0.15, 0.2) is 18.2 Å². The Bertz CT molecular complexity index is 458. The van der Waals surface area contributed by atoms with E-state index < -0.39 is 0 Å². The number of hydrogen-bond donors (Lipinski definition) is 1. The normalized spacial score (nSPS) is 29.6. The van der Waals surface area contributed by atoms with Crippen molar-refractivity contribution in [2.75, 3.05) is 13.7 Å². The number of hydrogen-bond acceptors (Lipinski definition) is 2. The summed E-state index contributed by atoms with van der Waals surface area (Å²) in [7, 11) is 1.75. The summed E-state index contributed by atoms with van der Waals surface area (Å²) in [5, 5.41) is 3.74. The van der Waals surface area contributed by atoms with E-state index in [0.717, 1.165) is 30.0 Å². The van der Waals surface area contributed by atoms with Gasteiger partial charge in [-0.25, -0.2) is 0 Å². The molecule has 20 heavy (non-hydrogen) atoms. The molecule has 0 radical (unpaired) electrons. The Labute approximate surface area is 122 Å². The Balaban J connectivity index is 1.82. The van der Waals surface area contributed by atoms with Gasteiger partial charge < -0.3 is 10.1 Å². The molecule has 0 aliphatic heterocycles. The Morgan fingerprint density at radius 2 is 1.95 bits per heavy atom. The molecule has 0 amide bonds. The Morgan fingerprint density at radius 1 is 1.25 bits per heavy atom. The molecule has 110 valence electrons. The van der Waals surface area contributed by atoms with Gasteiger partial charge in [0, 0.05) is 6.04 Å². The summed E-state index contributed by atoms with van der Waals surface area (Å²) in [6, 6.07) is 7.24. The fourth-order valence-corrected chi connectivity index (χ4v) is 4.33. The lowest BCUT2D eigenvalue weighted by atomic mass is 9.97. The van der Waals surface area contributed by atoms with Crippen LogP contribution in [0.4, 0.5) is 0 Å². The van der Waals surface area contributed by atoms with Gasteiger partial charge in [-0.05, 0) is 61.3 Å². The summed E-state index contributed by atoms with van der Waals surface area (Å²) < 4.78 is 5.39. The lowest BCUT2D eigenvalue weighted by Crippen LogP contribution is -2.24. The highest BCUT2D eigenvalue weighted by Gasteiger charge is 2.54. The third-order valence-electron chi connectivity index (χ3n) is 5.31. The van der Waals surface area contributed by atoms with E-state index in [1.807, 2.05) is 0 Å². The van der Waals surface area contributed by atoms with Gasteiger partial charge in [0.15, 0.2) is 0 Å². The molecule has 3 rings (SSSR count). The molecule has 2 heteroatoms. The minimum absolute atomic E-state index is 0.540. The van der Waals surface area contributed by atoms with Gasteiger partial charge in [0.2, 0.25) is 0 Å². The smallest absolute Gasteiger partial charge is 0.121 e. The summed E-state index contributed by atoms with van der Waals surface area (Å²) in [6.45, 7) is 5.41. The van der Waals surface area contributed by atoms with Crippen LogP contribution in [-0.4, -0.2) is 13.7 Å². The molecular formula is C18H27NO. The molecule has 0 aromatic heterocycles. The van der Waals surface area contributed by atoms with Gasteiger partial charge >= 0.3 is 0 Å². The maximum atomic E-state index is 5.39. The molecule has 2 fully saturated rings. The number of methoxy groups -OCH3 is 1. The third-order valence-corrected chi connectivity index (χ3v) is 5.31. The molecule has 0 saturated heterocycles. The number of ether oxygens (including phenoxy) is 1. The van der Waals surface area contributed by atoms with E-state index in [9.17, 15) is 0 Å². The zero-order valence-corrected chi connectivity index (χ0v) is 13.0. The third kappa shape index (κ3) is 2.46. The SMILES string of the molecule is CCNC(c1ccc(OC)c(C)c1)C1C2CCCCC21. The van der Waals surface area contributed by atoms with Crippen LogP contribution in [0.1, 0.15) is 49.8 Å². The molecule has 3 unspecified atom stereocenters. The molecule has 0 spiro atoms. The first-order valence-corrected chi connectivity index (χ1v) is 8.14. The highest BCUT2D eigenvalue weighted by Crippen LogP contribution is 2.60. The fourth-order valence-electron chi connectivity index (χ4n) is 4.33. The van der Waals surface area contributed by atoms with Crippen molar-refractivity contribution in [3.8, 4) is 5.75 Å². The zero-order valence-electron chi connectivity index (χ0n) is 13.0. The maximum absolute atomic E-state index is 5.39. The average Bonchev–Trinajstić information content (AvgIpc) is 3.19. The minimum Gasteiger partial charge on any atom is -0.496 e. The molecule has 1 aromatic carbocycles. The Morgan fingerprint density at radius 3 is 2.50 bits per heavy atom.